The molecule has 0 amide bonds. The van der Waals surface area contributed by atoms with Gasteiger partial charge in [-0.05, 0) is 38.3 Å². The zero-order valence-electron chi connectivity index (χ0n) is 16.0. The summed E-state index contributed by atoms with van der Waals surface area (Å²) in [6.07, 6.45) is 8.21. The number of H-pyrrole nitrogens is 1. The molecule has 5 N–H and O–H groups in total. The van der Waals surface area contributed by atoms with Crippen LogP contribution in [-0.2, 0) is 0 Å². The fourth-order valence-corrected chi connectivity index (χ4v) is 3.81. The summed E-state index contributed by atoms with van der Waals surface area (Å²) in [5, 5.41) is 1.43. The zero-order valence-corrected chi connectivity index (χ0v) is 16.0. The number of aromatic amines is 1. The van der Waals surface area contributed by atoms with E-state index in [-0.39, 0.29) is 23.6 Å². The summed E-state index contributed by atoms with van der Waals surface area (Å²) in [6.45, 7) is 4.30. The standard InChI is InChI=1S/C19H24N8O/c1-3-12(27-9-7-14-17(27)24-19(21)25-18(14)28)5-4-11(2)26-8-6-13-15(20)22-10-23-16(13)26/h6-12H,3-5H2,1-2H3,(H2,20,22,23)(H3,21,24,25,28). The first-order valence-electron chi connectivity index (χ1n) is 9.43. The minimum Gasteiger partial charge on any atom is -0.383 e. The number of fused-ring (bicyclic) bond motifs is 2. The SMILES string of the molecule is CCC(CCC(C)n1ccc2c(N)ncnc21)n1ccc2c(=O)[nH]c(N)nc21. The summed E-state index contributed by atoms with van der Waals surface area (Å²) >= 11 is 0. The minimum atomic E-state index is -0.208. The third-order valence-corrected chi connectivity index (χ3v) is 5.40. The van der Waals surface area contributed by atoms with E-state index in [9.17, 15) is 4.79 Å². The molecule has 0 saturated heterocycles. The minimum absolute atomic E-state index is 0.136. The molecule has 2 atom stereocenters. The average molecular weight is 380 g/mol. The molecule has 28 heavy (non-hydrogen) atoms. The number of nitrogens with two attached hydrogens (primary N) is 2. The number of nitrogens with one attached hydrogen (secondary N) is 1. The number of nitrogens with zero attached hydrogens (tertiary/aromatic N) is 5. The van der Waals surface area contributed by atoms with Crippen LogP contribution in [0.4, 0.5) is 11.8 Å². The normalized spacial score (nSPS) is 13.9. The van der Waals surface area contributed by atoms with Crippen LogP contribution in [0.1, 0.15) is 45.2 Å². The average Bonchev–Trinajstić information content (AvgIpc) is 3.28. The quantitative estimate of drug-likeness (QED) is 0.471. The Morgan fingerprint density at radius 1 is 1.07 bits per heavy atom. The van der Waals surface area contributed by atoms with Crippen molar-refractivity contribution in [1.82, 2.24) is 29.1 Å². The summed E-state index contributed by atoms with van der Waals surface area (Å²) in [5.41, 5.74) is 13.0. The molecule has 4 rings (SSSR count). The molecule has 0 aliphatic rings. The molecule has 0 saturated carbocycles. The van der Waals surface area contributed by atoms with Gasteiger partial charge in [0.15, 0.2) is 0 Å². The van der Waals surface area contributed by atoms with Crippen LogP contribution in [0.3, 0.4) is 0 Å². The number of rotatable bonds is 6. The number of hydrogen-bond donors (Lipinski definition) is 3. The Labute approximate surface area is 161 Å². The van der Waals surface area contributed by atoms with Crippen LogP contribution in [0, 0.1) is 0 Å². The Hall–Kier alpha value is -3.36. The molecule has 0 bridgehead atoms. The van der Waals surface area contributed by atoms with Crippen molar-refractivity contribution in [2.45, 2.75) is 45.2 Å². The van der Waals surface area contributed by atoms with Gasteiger partial charge in [-0.2, -0.15) is 4.98 Å². The Morgan fingerprint density at radius 2 is 1.82 bits per heavy atom. The van der Waals surface area contributed by atoms with E-state index >= 15 is 0 Å². The van der Waals surface area contributed by atoms with Gasteiger partial charge in [0.2, 0.25) is 5.95 Å². The highest BCUT2D eigenvalue weighted by Gasteiger charge is 2.17. The summed E-state index contributed by atoms with van der Waals surface area (Å²) in [4.78, 5) is 27.4. The number of hydrogen-bond acceptors (Lipinski definition) is 6. The van der Waals surface area contributed by atoms with Crippen molar-refractivity contribution < 1.29 is 0 Å². The number of anilines is 2. The molecule has 9 heteroatoms. The molecule has 0 spiro atoms. The van der Waals surface area contributed by atoms with Crippen LogP contribution in [0.2, 0.25) is 0 Å². The van der Waals surface area contributed by atoms with Gasteiger partial charge in [-0.15, -0.1) is 0 Å². The van der Waals surface area contributed by atoms with Crippen molar-refractivity contribution in [2.75, 3.05) is 11.5 Å². The lowest BCUT2D eigenvalue weighted by Crippen LogP contribution is -2.15. The van der Waals surface area contributed by atoms with Crippen molar-refractivity contribution in [3.8, 4) is 0 Å². The van der Waals surface area contributed by atoms with E-state index in [4.69, 9.17) is 11.5 Å². The Morgan fingerprint density at radius 3 is 2.61 bits per heavy atom. The van der Waals surface area contributed by atoms with E-state index in [0.717, 1.165) is 30.3 Å². The van der Waals surface area contributed by atoms with Crippen molar-refractivity contribution in [1.29, 1.82) is 0 Å². The molecule has 4 aromatic heterocycles. The van der Waals surface area contributed by atoms with E-state index in [1.807, 2.05) is 18.5 Å². The zero-order chi connectivity index (χ0) is 19.8. The number of nitrogen functional groups attached to an aromatic ring is 2. The molecule has 146 valence electrons. The fourth-order valence-electron chi connectivity index (χ4n) is 3.81. The molecule has 0 aliphatic heterocycles. The van der Waals surface area contributed by atoms with Crippen LogP contribution in [0.5, 0.6) is 0 Å². The molecule has 2 unspecified atom stereocenters. The highest BCUT2D eigenvalue weighted by atomic mass is 16.1. The van der Waals surface area contributed by atoms with Crippen LogP contribution >= 0.6 is 0 Å². The van der Waals surface area contributed by atoms with Gasteiger partial charge in [0.25, 0.3) is 5.56 Å². The summed E-state index contributed by atoms with van der Waals surface area (Å²) < 4.78 is 4.19. The molecule has 4 heterocycles. The van der Waals surface area contributed by atoms with Crippen LogP contribution in [0.25, 0.3) is 22.1 Å². The Kier molecular flexibility index (Phi) is 4.50. The first kappa shape index (κ1) is 18.0. The Bertz CT molecular complexity index is 1190. The topological polar surface area (TPSA) is 133 Å². The van der Waals surface area contributed by atoms with Crippen molar-refractivity contribution in [3.05, 3.63) is 41.2 Å². The van der Waals surface area contributed by atoms with E-state index in [1.165, 1.54) is 6.33 Å². The molecule has 0 radical (unpaired) electrons. The predicted octanol–water partition coefficient (Wildman–Crippen LogP) is 2.63. The van der Waals surface area contributed by atoms with E-state index < -0.39 is 0 Å². The second kappa shape index (κ2) is 6.99. The number of aromatic nitrogens is 6. The third-order valence-electron chi connectivity index (χ3n) is 5.40. The van der Waals surface area contributed by atoms with Crippen LogP contribution in [0.15, 0.2) is 35.6 Å². The van der Waals surface area contributed by atoms with E-state index in [0.29, 0.717) is 16.9 Å². The maximum atomic E-state index is 12.1. The van der Waals surface area contributed by atoms with Gasteiger partial charge in [-0.25, -0.2) is 9.97 Å². The molecule has 0 fully saturated rings. The monoisotopic (exact) mass is 380 g/mol. The predicted molar refractivity (Wildman–Crippen MR) is 110 cm³/mol. The fraction of sp³-hybridized carbons (Fsp3) is 0.368. The lowest BCUT2D eigenvalue weighted by atomic mass is 10.0. The molecular formula is C19H24N8O. The highest BCUT2D eigenvalue weighted by molar-refractivity contribution is 5.86. The van der Waals surface area contributed by atoms with Crippen molar-refractivity contribution >= 4 is 33.8 Å². The van der Waals surface area contributed by atoms with Gasteiger partial charge in [-0.1, -0.05) is 6.92 Å². The van der Waals surface area contributed by atoms with Gasteiger partial charge in [0.1, 0.15) is 23.4 Å². The molecule has 0 aliphatic carbocycles. The first-order valence-corrected chi connectivity index (χ1v) is 9.43. The highest BCUT2D eigenvalue weighted by Crippen LogP contribution is 2.28. The van der Waals surface area contributed by atoms with Crippen LogP contribution < -0.4 is 17.0 Å². The van der Waals surface area contributed by atoms with Gasteiger partial charge < -0.3 is 20.6 Å². The lowest BCUT2D eigenvalue weighted by Gasteiger charge is -2.21. The first-order chi connectivity index (χ1) is 13.5. The third kappa shape index (κ3) is 2.98. The maximum absolute atomic E-state index is 12.1. The maximum Gasteiger partial charge on any atom is 0.261 e. The van der Waals surface area contributed by atoms with Crippen LogP contribution in [-0.4, -0.2) is 29.1 Å². The van der Waals surface area contributed by atoms with E-state index in [2.05, 4.69) is 42.9 Å². The second-order valence-electron chi connectivity index (χ2n) is 7.12. The van der Waals surface area contributed by atoms with E-state index in [1.54, 1.807) is 6.07 Å². The molecule has 4 aromatic rings. The summed E-state index contributed by atoms with van der Waals surface area (Å²) in [6, 6.07) is 4.21. The Balaban J connectivity index is 1.58. The largest absolute Gasteiger partial charge is 0.383 e. The summed E-state index contributed by atoms with van der Waals surface area (Å²) in [7, 11) is 0. The molecular weight excluding hydrogens is 356 g/mol. The smallest absolute Gasteiger partial charge is 0.261 e. The van der Waals surface area contributed by atoms with Gasteiger partial charge in [0.05, 0.1) is 10.8 Å². The van der Waals surface area contributed by atoms with Gasteiger partial charge in [0, 0.05) is 24.5 Å². The lowest BCUT2D eigenvalue weighted by molar-refractivity contribution is 0.397. The molecule has 9 nitrogen and oxygen atoms in total. The van der Waals surface area contributed by atoms with Crippen molar-refractivity contribution in [3.63, 3.8) is 0 Å². The summed E-state index contributed by atoms with van der Waals surface area (Å²) in [5.74, 6) is 0.631. The molecule has 0 aromatic carbocycles. The second-order valence-corrected chi connectivity index (χ2v) is 7.12. The van der Waals surface area contributed by atoms with Gasteiger partial charge >= 0.3 is 0 Å². The van der Waals surface area contributed by atoms with Gasteiger partial charge in [-0.3, -0.25) is 9.78 Å². The van der Waals surface area contributed by atoms with Crippen molar-refractivity contribution in [2.24, 2.45) is 0 Å².